The van der Waals surface area contributed by atoms with Gasteiger partial charge in [-0.05, 0) is 39.3 Å². The van der Waals surface area contributed by atoms with Crippen LogP contribution in [0, 0.1) is 0 Å². The average molecular weight is 279 g/mol. The molecule has 0 spiro atoms. The second-order valence-electron chi connectivity index (χ2n) is 4.66. The second kappa shape index (κ2) is 7.34. The SMILES string of the molecule is CCC(C)NC(=O)C(C)Sc1cccc(C(C)=O)c1. The second-order valence-corrected chi connectivity index (χ2v) is 6.08. The van der Waals surface area contributed by atoms with Crippen LogP contribution in [0.3, 0.4) is 0 Å². The van der Waals surface area contributed by atoms with Gasteiger partial charge in [-0.2, -0.15) is 0 Å². The number of nitrogens with one attached hydrogen (secondary N) is 1. The number of rotatable bonds is 6. The van der Waals surface area contributed by atoms with Crippen LogP contribution in [0.5, 0.6) is 0 Å². The Labute approximate surface area is 119 Å². The van der Waals surface area contributed by atoms with Crippen molar-refractivity contribution < 1.29 is 9.59 Å². The lowest BCUT2D eigenvalue weighted by molar-refractivity contribution is -0.120. The van der Waals surface area contributed by atoms with Crippen molar-refractivity contribution in [2.75, 3.05) is 0 Å². The van der Waals surface area contributed by atoms with Crippen LogP contribution in [0.1, 0.15) is 44.5 Å². The molecule has 1 aromatic rings. The summed E-state index contributed by atoms with van der Waals surface area (Å²) in [5.74, 6) is 0.0757. The molecule has 0 fully saturated rings. The zero-order chi connectivity index (χ0) is 14.4. The van der Waals surface area contributed by atoms with Gasteiger partial charge in [-0.15, -0.1) is 11.8 Å². The van der Waals surface area contributed by atoms with E-state index in [2.05, 4.69) is 5.32 Å². The summed E-state index contributed by atoms with van der Waals surface area (Å²) in [6, 6.07) is 7.58. The van der Waals surface area contributed by atoms with Crippen molar-refractivity contribution in [3.63, 3.8) is 0 Å². The summed E-state index contributed by atoms with van der Waals surface area (Å²) < 4.78 is 0. The maximum Gasteiger partial charge on any atom is 0.233 e. The molecule has 0 aliphatic rings. The van der Waals surface area contributed by atoms with Crippen molar-refractivity contribution in [2.24, 2.45) is 0 Å². The predicted molar refractivity (Wildman–Crippen MR) is 79.7 cm³/mol. The van der Waals surface area contributed by atoms with E-state index in [1.165, 1.54) is 11.8 Å². The van der Waals surface area contributed by atoms with E-state index in [1.54, 1.807) is 13.0 Å². The molecule has 2 atom stereocenters. The minimum atomic E-state index is -0.170. The third-order valence-electron chi connectivity index (χ3n) is 2.92. The number of carbonyl (C=O) groups excluding carboxylic acids is 2. The molecule has 0 aliphatic carbocycles. The van der Waals surface area contributed by atoms with E-state index in [0.29, 0.717) is 5.56 Å². The minimum absolute atomic E-state index is 0.0348. The van der Waals surface area contributed by atoms with Gasteiger partial charge in [0, 0.05) is 16.5 Å². The quantitative estimate of drug-likeness (QED) is 0.642. The lowest BCUT2D eigenvalue weighted by Crippen LogP contribution is -2.37. The van der Waals surface area contributed by atoms with Crippen molar-refractivity contribution in [3.05, 3.63) is 29.8 Å². The molecule has 0 heterocycles. The van der Waals surface area contributed by atoms with Crippen LogP contribution in [0.15, 0.2) is 29.2 Å². The smallest absolute Gasteiger partial charge is 0.233 e. The van der Waals surface area contributed by atoms with E-state index < -0.39 is 0 Å². The van der Waals surface area contributed by atoms with E-state index in [9.17, 15) is 9.59 Å². The molecular weight excluding hydrogens is 258 g/mol. The van der Waals surface area contributed by atoms with Crippen LogP contribution >= 0.6 is 11.8 Å². The number of ketones is 1. The minimum Gasteiger partial charge on any atom is -0.353 e. The van der Waals surface area contributed by atoms with Gasteiger partial charge in [-0.25, -0.2) is 0 Å². The fraction of sp³-hybridized carbons (Fsp3) is 0.467. The average Bonchev–Trinajstić information content (AvgIpc) is 2.38. The first-order valence-electron chi connectivity index (χ1n) is 6.52. The first kappa shape index (κ1) is 15.8. The van der Waals surface area contributed by atoms with Crippen molar-refractivity contribution >= 4 is 23.5 Å². The Balaban J connectivity index is 2.66. The van der Waals surface area contributed by atoms with Gasteiger partial charge >= 0.3 is 0 Å². The monoisotopic (exact) mass is 279 g/mol. The first-order valence-corrected chi connectivity index (χ1v) is 7.40. The maximum atomic E-state index is 11.9. The molecule has 0 radical (unpaired) electrons. The highest BCUT2D eigenvalue weighted by Gasteiger charge is 2.16. The fourth-order valence-corrected chi connectivity index (χ4v) is 2.44. The Morgan fingerprint density at radius 1 is 1.32 bits per heavy atom. The van der Waals surface area contributed by atoms with Gasteiger partial charge < -0.3 is 5.32 Å². The highest BCUT2D eigenvalue weighted by atomic mass is 32.2. The summed E-state index contributed by atoms with van der Waals surface area (Å²) in [5, 5.41) is 2.79. The Morgan fingerprint density at radius 2 is 2.00 bits per heavy atom. The van der Waals surface area contributed by atoms with Gasteiger partial charge in [0.2, 0.25) is 5.91 Å². The Bertz CT molecular complexity index is 459. The summed E-state index contributed by atoms with van der Waals surface area (Å²) in [7, 11) is 0. The van der Waals surface area contributed by atoms with E-state index in [1.807, 2.05) is 39.0 Å². The van der Waals surface area contributed by atoms with Crippen LogP contribution in [-0.4, -0.2) is 23.0 Å². The lowest BCUT2D eigenvalue weighted by Gasteiger charge is -2.16. The highest BCUT2D eigenvalue weighted by molar-refractivity contribution is 8.00. The van der Waals surface area contributed by atoms with Crippen molar-refractivity contribution in [3.8, 4) is 0 Å². The number of hydrogen-bond donors (Lipinski definition) is 1. The molecule has 1 amide bonds. The van der Waals surface area contributed by atoms with Gasteiger partial charge in [0.15, 0.2) is 5.78 Å². The Hall–Kier alpha value is -1.29. The number of carbonyl (C=O) groups is 2. The van der Waals surface area contributed by atoms with Gasteiger partial charge in [0.1, 0.15) is 0 Å². The largest absolute Gasteiger partial charge is 0.353 e. The Morgan fingerprint density at radius 3 is 2.58 bits per heavy atom. The van der Waals surface area contributed by atoms with E-state index in [-0.39, 0.29) is 23.0 Å². The molecule has 1 N–H and O–H groups in total. The van der Waals surface area contributed by atoms with Gasteiger partial charge in [-0.3, -0.25) is 9.59 Å². The lowest BCUT2D eigenvalue weighted by atomic mass is 10.2. The summed E-state index contributed by atoms with van der Waals surface area (Å²) >= 11 is 1.47. The van der Waals surface area contributed by atoms with Gasteiger partial charge in [0.25, 0.3) is 0 Å². The number of thioether (sulfide) groups is 1. The molecule has 3 nitrogen and oxygen atoms in total. The predicted octanol–water partition coefficient (Wildman–Crippen LogP) is 3.28. The third-order valence-corrected chi connectivity index (χ3v) is 4.02. The number of benzene rings is 1. The zero-order valence-corrected chi connectivity index (χ0v) is 12.7. The van der Waals surface area contributed by atoms with Gasteiger partial charge in [-0.1, -0.05) is 19.1 Å². The number of amides is 1. The van der Waals surface area contributed by atoms with Crippen LogP contribution < -0.4 is 5.32 Å². The van der Waals surface area contributed by atoms with Crippen molar-refractivity contribution in [1.29, 1.82) is 0 Å². The van der Waals surface area contributed by atoms with Crippen LogP contribution in [0.4, 0.5) is 0 Å². The molecule has 104 valence electrons. The fourth-order valence-electron chi connectivity index (χ4n) is 1.51. The van der Waals surface area contributed by atoms with E-state index in [0.717, 1.165) is 11.3 Å². The summed E-state index contributed by atoms with van der Waals surface area (Å²) in [6.07, 6.45) is 0.920. The zero-order valence-electron chi connectivity index (χ0n) is 11.9. The van der Waals surface area contributed by atoms with Gasteiger partial charge in [0.05, 0.1) is 5.25 Å². The molecule has 4 heteroatoms. The van der Waals surface area contributed by atoms with Crippen LogP contribution in [0.25, 0.3) is 0 Å². The number of Topliss-reactive ketones (excluding diaryl/α,β-unsaturated/α-hetero) is 1. The normalized spacial score (nSPS) is 13.7. The molecule has 2 unspecified atom stereocenters. The third kappa shape index (κ3) is 5.07. The summed E-state index contributed by atoms with van der Waals surface area (Å²) in [6.45, 7) is 7.45. The highest BCUT2D eigenvalue weighted by Crippen LogP contribution is 2.24. The number of hydrogen-bond acceptors (Lipinski definition) is 3. The molecule has 1 rings (SSSR count). The molecule has 0 bridgehead atoms. The van der Waals surface area contributed by atoms with Crippen LogP contribution in [-0.2, 0) is 4.79 Å². The standard InChI is InChI=1S/C15H21NO2S/c1-5-10(2)16-15(18)12(4)19-14-8-6-7-13(9-14)11(3)17/h6-10,12H,5H2,1-4H3,(H,16,18). The summed E-state index contributed by atoms with van der Waals surface area (Å²) in [4.78, 5) is 24.2. The summed E-state index contributed by atoms with van der Waals surface area (Å²) in [5.41, 5.74) is 0.680. The molecule has 0 aliphatic heterocycles. The Kier molecular flexibility index (Phi) is 6.09. The van der Waals surface area contributed by atoms with E-state index in [4.69, 9.17) is 0 Å². The molecule has 1 aromatic carbocycles. The molecule has 0 saturated carbocycles. The van der Waals surface area contributed by atoms with Crippen molar-refractivity contribution in [1.82, 2.24) is 5.32 Å². The maximum absolute atomic E-state index is 11.9. The first-order chi connectivity index (χ1) is 8.93. The van der Waals surface area contributed by atoms with Crippen LogP contribution in [0.2, 0.25) is 0 Å². The van der Waals surface area contributed by atoms with E-state index >= 15 is 0 Å². The van der Waals surface area contributed by atoms with Crippen molar-refractivity contribution in [2.45, 2.75) is 50.3 Å². The topological polar surface area (TPSA) is 46.2 Å². The molecular formula is C15H21NO2S. The molecule has 19 heavy (non-hydrogen) atoms. The molecule has 0 aromatic heterocycles. The molecule has 0 saturated heterocycles.